The molecule has 0 spiro atoms. The molecule has 1 aromatic heterocycles. The number of imidazole rings is 1. The molecule has 0 bridgehead atoms. The molecule has 0 saturated heterocycles. The highest BCUT2D eigenvalue weighted by Crippen LogP contribution is 1.79. The quantitative estimate of drug-likeness (QED) is 0.495. The van der Waals surface area contributed by atoms with E-state index in [0.29, 0.717) is 0 Å². The van der Waals surface area contributed by atoms with Crippen LogP contribution in [0.15, 0.2) is 18.7 Å². The third-order valence-corrected chi connectivity index (χ3v) is 1.60. The third kappa shape index (κ3) is 6.44. The van der Waals surface area contributed by atoms with Crippen LogP contribution in [0.4, 0.5) is 0 Å². The van der Waals surface area contributed by atoms with Crippen molar-refractivity contribution in [2.75, 3.05) is 7.11 Å². The zero-order valence-electron chi connectivity index (χ0n) is 7.97. The van der Waals surface area contributed by atoms with Gasteiger partial charge in [-0.05, 0) is 6.92 Å². The van der Waals surface area contributed by atoms with E-state index in [0.717, 1.165) is 13.7 Å². The molecule has 1 heterocycles. The molecule has 0 radical (unpaired) electrons. The fourth-order valence-corrected chi connectivity index (χ4v) is 0.689. The van der Waals surface area contributed by atoms with Gasteiger partial charge in [-0.15, -0.1) is 0 Å². The van der Waals surface area contributed by atoms with E-state index in [1.165, 1.54) is 0 Å². The van der Waals surface area contributed by atoms with Crippen molar-refractivity contribution in [1.29, 1.82) is 0 Å². The van der Waals surface area contributed by atoms with Crippen molar-refractivity contribution in [1.82, 2.24) is 4.57 Å². The standard InChI is InChI=1S/C6H11N2.CH4O3S/c1-3-8-5-4-7(2)6-8;1-4-5(2)3/h4-6H,3H2,1-2H3;1H3,(H,2,3)/q+1;/p-1. The molecule has 0 aromatic carbocycles. The van der Waals surface area contributed by atoms with Crippen molar-refractivity contribution >= 4 is 11.4 Å². The molecule has 6 heteroatoms. The molecule has 0 amide bonds. The van der Waals surface area contributed by atoms with Gasteiger partial charge in [0.25, 0.3) is 0 Å². The molecule has 0 N–H and O–H groups in total. The third-order valence-electron chi connectivity index (χ3n) is 1.32. The fraction of sp³-hybridized carbons (Fsp3) is 0.571. The van der Waals surface area contributed by atoms with Gasteiger partial charge in [0.15, 0.2) is 0 Å². The van der Waals surface area contributed by atoms with Crippen LogP contribution in [0.2, 0.25) is 0 Å². The first-order valence-corrected chi connectivity index (χ1v) is 4.74. The summed E-state index contributed by atoms with van der Waals surface area (Å²) in [7, 11) is 3.11. The van der Waals surface area contributed by atoms with Gasteiger partial charge < -0.3 is 8.74 Å². The minimum absolute atomic E-state index is 1.06. The highest BCUT2D eigenvalue weighted by molar-refractivity contribution is 7.74. The Kier molecular flexibility index (Phi) is 6.38. The summed E-state index contributed by atoms with van der Waals surface area (Å²) in [6.07, 6.45) is 6.14. The second-order valence-electron chi connectivity index (χ2n) is 2.28. The van der Waals surface area contributed by atoms with E-state index in [4.69, 9.17) is 8.76 Å². The predicted octanol–water partition coefficient (Wildman–Crippen LogP) is -0.241. The van der Waals surface area contributed by atoms with Gasteiger partial charge in [0.1, 0.15) is 12.4 Å². The first-order valence-electron chi connectivity index (χ1n) is 3.74. The van der Waals surface area contributed by atoms with Crippen LogP contribution in [0.25, 0.3) is 0 Å². The van der Waals surface area contributed by atoms with Crippen LogP contribution in [0.3, 0.4) is 0 Å². The molecule has 76 valence electrons. The van der Waals surface area contributed by atoms with Crippen molar-refractivity contribution in [2.45, 2.75) is 13.5 Å². The monoisotopic (exact) mass is 206 g/mol. The molecule has 1 aromatic rings. The number of nitrogens with zero attached hydrogens (tertiary/aromatic N) is 2. The van der Waals surface area contributed by atoms with E-state index in [1.807, 2.05) is 17.8 Å². The number of aromatic nitrogens is 2. The summed E-state index contributed by atoms with van der Waals surface area (Å²) in [5.41, 5.74) is 0. The van der Waals surface area contributed by atoms with E-state index < -0.39 is 11.4 Å². The fourth-order valence-electron chi connectivity index (χ4n) is 0.689. The predicted molar refractivity (Wildman–Crippen MR) is 47.2 cm³/mol. The lowest BCUT2D eigenvalue weighted by Crippen LogP contribution is -2.23. The molecule has 0 aliphatic rings. The highest BCUT2D eigenvalue weighted by atomic mass is 32.2. The molecule has 0 fully saturated rings. The Labute approximate surface area is 80.4 Å². The van der Waals surface area contributed by atoms with Gasteiger partial charge in [-0.2, -0.15) is 0 Å². The zero-order chi connectivity index (χ0) is 10.3. The average Bonchev–Trinajstić information content (AvgIpc) is 2.52. The molecule has 5 nitrogen and oxygen atoms in total. The van der Waals surface area contributed by atoms with Gasteiger partial charge >= 0.3 is 0 Å². The Morgan fingerprint density at radius 1 is 1.69 bits per heavy atom. The van der Waals surface area contributed by atoms with Crippen LogP contribution in [0.1, 0.15) is 6.92 Å². The molecule has 0 saturated carbocycles. The van der Waals surface area contributed by atoms with Gasteiger partial charge in [0, 0.05) is 0 Å². The van der Waals surface area contributed by atoms with Crippen LogP contribution < -0.4 is 4.57 Å². The Morgan fingerprint density at radius 3 is 2.38 bits per heavy atom. The summed E-state index contributed by atoms with van der Waals surface area (Å²) in [5.74, 6) is 0. The maximum absolute atomic E-state index is 9.15. The maximum atomic E-state index is 9.15. The van der Waals surface area contributed by atoms with E-state index >= 15 is 0 Å². The van der Waals surface area contributed by atoms with Crippen LogP contribution >= 0.6 is 0 Å². The van der Waals surface area contributed by atoms with Crippen LogP contribution in [0.5, 0.6) is 0 Å². The van der Waals surface area contributed by atoms with Gasteiger partial charge in [-0.25, -0.2) is 13.3 Å². The van der Waals surface area contributed by atoms with Crippen LogP contribution in [0, 0.1) is 0 Å². The van der Waals surface area contributed by atoms with Gasteiger partial charge in [0.2, 0.25) is 6.33 Å². The molecular formula is C7H14N2O3S. The van der Waals surface area contributed by atoms with Gasteiger partial charge in [-0.3, -0.25) is 0 Å². The van der Waals surface area contributed by atoms with E-state index in [1.54, 1.807) is 0 Å². The van der Waals surface area contributed by atoms with Crippen LogP contribution in [-0.4, -0.2) is 20.4 Å². The lowest BCUT2D eigenvalue weighted by atomic mass is 10.7. The first kappa shape index (κ1) is 12.3. The Hall–Kier alpha value is -0.720. The van der Waals surface area contributed by atoms with Crippen molar-refractivity contribution < 1.29 is 17.5 Å². The highest BCUT2D eigenvalue weighted by Gasteiger charge is 1.92. The second-order valence-corrected chi connectivity index (χ2v) is 3.02. The lowest BCUT2D eigenvalue weighted by molar-refractivity contribution is -0.671. The second kappa shape index (κ2) is 6.76. The minimum Gasteiger partial charge on any atom is -0.750 e. The summed E-state index contributed by atoms with van der Waals surface area (Å²) in [6, 6.07) is 0. The molecule has 1 rings (SSSR count). The maximum Gasteiger partial charge on any atom is 0.243 e. The summed E-state index contributed by atoms with van der Waals surface area (Å²) in [4.78, 5) is 0. The Morgan fingerprint density at radius 2 is 2.23 bits per heavy atom. The minimum atomic E-state index is -2.32. The number of hydrogen-bond donors (Lipinski definition) is 0. The normalized spacial score (nSPS) is 11.7. The summed E-state index contributed by atoms with van der Waals surface area (Å²) < 4.78 is 26.1. The zero-order valence-corrected chi connectivity index (χ0v) is 8.78. The molecule has 0 aliphatic heterocycles. The summed E-state index contributed by atoms with van der Waals surface area (Å²) in [6.45, 7) is 3.18. The van der Waals surface area contributed by atoms with E-state index in [2.05, 4.69) is 28.2 Å². The lowest BCUT2D eigenvalue weighted by Gasteiger charge is -1.94. The van der Waals surface area contributed by atoms with Gasteiger partial charge in [-0.1, -0.05) is 0 Å². The van der Waals surface area contributed by atoms with Crippen molar-refractivity contribution in [3.8, 4) is 0 Å². The first-order chi connectivity index (χ1) is 6.10. The summed E-state index contributed by atoms with van der Waals surface area (Å²) in [5, 5.41) is 0. The van der Waals surface area contributed by atoms with Crippen LogP contribution in [-0.2, 0) is 29.1 Å². The smallest absolute Gasteiger partial charge is 0.243 e. The number of rotatable bonds is 2. The Bertz CT molecular complexity index is 262. The Balaban J connectivity index is 0.000000252. The molecule has 1 unspecified atom stereocenters. The topological polar surface area (TPSA) is 58.2 Å². The van der Waals surface area contributed by atoms with Crippen molar-refractivity contribution in [3.63, 3.8) is 0 Å². The summed E-state index contributed by atoms with van der Waals surface area (Å²) >= 11 is -2.32. The molecular weight excluding hydrogens is 192 g/mol. The number of hydrogen-bond acceptors (Lipinski definition) is 3. The molecule has 13 heavy (non-hydrogen) atoms. The van der Waals surface area contributed by atoms with E-state index in [9.17, 15) is 0 Å². The van der Waals surface area contributed by atoms with E-state index in [-0.39, 0.29) is 0 Å². The largest absolute Gasteiger partial charge is 0.750 e. The van der Waals surface area contributed by atoms with Gasteiger partial charge in [0.05, 0.1) is 32.1 Å². The average molecular weight is 206 g/mol. The van der Waals surface area contributed by atoms with Crippen molar-refractivity contribution in [2.24, 2.45) is 7.05 Å². The molecule has 0 aliphatic carbocycles. The van der Waals surface area contributed by atoms with Crippen molar-refractivity contribution in [3.05, 3.63) is 18.7 Å². The molecule has 1 atom stereocenters. The number of aryl methyl sites for hydroxylation is 2. The SMILES string of the molecule is CCn1cc[n+](C)c1.COS(=O)[O-].